The Hall–Kier alpha value is -5.01. The minimum absolute atomic E-state index is 0.0144. The Bertz CT molecular complexity index is 2130. The maximum Gasteiger partial charge on any atom is 0.459 e. The number of nitrogens with two attached hydrogens (primary N) is 1. The fourth-order valence-corrected chi connectivity index (χ4v) is 8.31. The lowest BCUT2D eigenvalue weighted by Gasteiger charge is -2.31. The highest BCUT2D eigenvalue weighted by atomic mass is 31.2. The van der Waals surface area contributed by atoms with E-state index in [2.05, 4.69) is 32.9 Å². The van der Waals surface area contributed by atoms with Gasteiger partial charge in [0.25, 0.3) is 0 Å². The van der Waals surface area contributed by atoms with Gasteiger partial charge in [-0.25, -0.2) is 18.3 Å². The summed E-state index contributed by atoms with van der Waals surface area (Å²) in [6.07, 6.45) is 10.5. The smallest absolute Gasteiger partial charge is 0.459 e. The Morgan fingerprint density at radius 1 is 1.05 bits per heavy atom. The third-order valence-corrected chi connectivity index (χ3v) is 11.8. The van der Waals surface area contributed by atoms with Gasteiger partial charge in [0.15, 0.2) is 22.6 Å². The monoisotopic (exact) mass is 856 g/mol. The van der Waals surface area contributed by atoms with Gasteiger partial charge in [-0.3, -0.25) is 18.7 Å². The number of nitrogens with one attached hydrogen (secondary N) is 1. The highest BCUT2D eigenvalue weighted by Gasteiger charge is 2.53. The number of fused-ring (bicyclic) bond motifs is 1. The fourth-order valence-electron chi connectivity index (χ4n) is 6.79. The van der Waals surface area contributed by atoms with Gasteiger partial charge in [0.2, 0.25) is 0 Å². The van der Waals surface area contributed by atoms with Crippen molar-refractivity contribution in [3.05, 3.63) is 78.1 Å². The minimum Gasteiger partial charge on any atom is -0.464 e. The van der Waals surface area contributed by atoms with Crippen molar-refractivity contribution < 1.29 is 50.6 Å². The molecule has 0 unspecified atom stereocenters. The summed E-state index contributed by atoms with van der Waals surface area (Å²) in [5.41, 5.74) is 4.03. The van der Waals surface area contributed by atoms with Crippen LogP contribution in [0.5, 0.6) is 5.75 Å². The molecule has 2 aromatic heterocycles. The molecule has 0 radical (unpaired) electrons. The Kier molecular flexibility index (Phi) is 16.5. The van der Waals surface area contributed by atoms with Gasteiger partial charge < -0.3 is 24.5 Å². The van der Waals surface area contributed by atoms with E-state index in [1.54, 1.807) is 18.2 Å². The van der Waals surface area contributed by atoms with Gasteiger partial charge in [-0.05, 0) is 48.6 Å². The van der Waals surface area contributed by atoms with Crippen LogP contribution in [0.15, 0.2) is 54.9 Å². The van der Waals surface area contributed by atoms with E-state index in [0.29, 0.717) is 25.3 Å². The van der Waals surface area contributed by atoms with E-state index in [1.165, 1.54) is 23.0 Å². The topological polar surface area (TPSA) is 179 Å². The maximum absolute atomic E-state index is 15.0. The molecule has 18 heteroatoms. The van der Waals surface area contributed by atoms with Crippen LogP contribution in [0.1, 0.15) is 96.8 Å². The van der Waals surface area contributed by atoms with Crippen molar-refractivity contribution in [1.82, 2.24) is 24.6 Å². The largest absolute Gasteiger partial charge is 0.464 e. The van der Waals surface area contributed by atoms with Crippen LogP contribution in [0.25, 0.3) is 11.2 Å². The van der Waals surface area contributed by atoms with E-state index in [-0.39, 0.29) is 53.7 Å². The average molecular weight is 857 g/mol. The van der Waals surface area contributed by atoms with Crippen molar-refractivity contribution in [2.24, 2.45) is 5.92 Å². The number of aromatic nitrogens is 4. The molecule has 2 aromatic carbocycles. The van der Waals surface area contributed by atoms with E-state index in [1.807, 2.05) is 13.8 Å². The second-order valence-electron chi connectivity index (χ2n) is 14.7. The number of imidazole rings is 1. The summed E-state index contributed by atoms with van der Waals surface area (Å²) in [5, 5.41) is 2.64. The molecule has 1 aliphatic rings. The number of rotatable bonds is 23. The van der Waals surface area contributed by atoms with Crippen molar-refractivity contribution in [1.29, 1.82) is 0 Å². The first-order valence-corrected chi connectivity index (χ1v) is 21.7. The number of halogens is 3. The van der Waals surface area contributed by atoms with Crippen molar-refractivity contribution in [2.45, 2.75) is 115 Å². The zero-order chi connectivity index (χ0) is 43.3. The van der Waals surface area contributed by atoms with E-state index in [4.69, 9.17) is 35.4 Å². The van der Waals surface area contributed by atoms with Gasteiger partial charge in [-0.2, -0.15) is 19.4 Å². The molecule has 4 aromatic rings. The molecule has 5 atom stereocenters. The van der Waals surface area contributed by atoms with Crippen molar-refractivity contribution >= 4 is 36.7 Å². The van der Waals surface area contributed by atoms with Crippen molar-refractivity contribution in [3.63, 3.8) is 0 Å². The number of anilines is 1. The summed E-state index contributed by atoms with van der Waals surface area (Å²) in [6, 6.07) is 9.10. The second-order valence-corrected chi connectivity index (χ2v) is 16.4. The lowest BCUT2D eigenvalue weighted by atomic mass is 9.98. The summed E-state index contributed by atoms with van der Waals surface area (Å²) in [4.78, 5) is 38.7. The van der Waals surface area contributed by atoms with Gasteiger partial charge in [0, 0.05) is 18.9 Å². The standard InChI is InChI=1S/C42H52F3N6O8P/c1-5-9-10-11-12-16-19-36(52)57-34-24-35(51-27-47-37-38(46)48-41(45)49-39(37)51)58-42(34,8-4)26-56-60(54,59-32-17-14-13-15-18-32)50-33(40(53)55-25-28(6-2)7-3)22-29-20-30(43)23-31(44)21-29/h4,13-15,17-18,20-21,23,27-28,33-35H,5-7,9-12,16,19,22,24-26H2,1-3H3,(H,50,54)(H2,46,48,49)/t33-,34-,35+,42+,60-/m0/s1. The Morgan fingerprint density at radius 3 is 2.43 bits per heavy atom. The molecule has 3 heterocycles. The molecular weight excluding hydrogens is 804 g/mol. The van der Waals surface area contributed by atoms with E-state index >= 15 is 0 Å². The Labute approximate surface area is 347 Å². The third kappa shape index (κ3) is 12.3. The van der Waals surface area contributed by atoms with Crippen LogP contribution in [0.4, 0.5) is 19.0 Å². The molecule has 0 bridgehead atoms. The highest BCUT2D eigenvalue weighted by Crippen LogP contribution is 2.49. The number of carbonyl (C=O) groups is 2. The molecule has 3 N–H and O–H groups in total. The van der Waals surface area contributed by atoms with Gasteiger partial charge in [0.05, 0.1) is 12.9 Å². The lowest BCUT2D eigenvalue weighted by molar-refractivity contribution is -0.158. The molecule has 5 rings (SSSR count). The molecule has 60 heavy (non-hydrogen) atoms. The van der Waals surface area contributed by atoms with Crippen LogP contribution in [-0.4, -0.2) is 62.4 Å². The number of unbranched alkanes of at least 4 members (excludes halogenated alkanes) is 5. The number of terminal acetylenes is 1. The predicted octanol–water partition coefficient (Wildman–Crippen LogP) is 8.16. The molecule has 0 saturated carbocycles. The van der Waals surface area contributed by atoms with Crippen molar-refractivity contribution in [3.8, 4) is 18.1 Å². The quantitative estimate of drug-likeness (QED) is 0.0240. The number of hydrogen-bond donors (Lipinski definition) is 2. The Morgan fingerprint density at radius 2 is 1.75 bits per heavy atom. The summed E-state index contributed by atoms with van der Waals surface area (Å²) < 4.78 is 89.4. The molecule has 0 amide bonds. The number of benzene rings is 2. The first kappa shape index (κ1) is 46.1. The molecule has 1 fully saturated rings. The molecule has 14 nitrogen and oxygen atoms in total. The van der Waals surface area contributed by atoms with Crippen LogP contribution in [-0.2, 0) is 39.3 Å². The van der Waals surface area contributed by atoms with Gasteiger partial charge in [-0.1, -0.05) is 89.8 Å². The molecule has 1 saturated heterocycles. The maximum atomic E-state index is 15.0. The zero-order valence-corrected chi connectivity index (χ0v) is 34.9. The number of carbonyl (C=O) groups excluding carboxylic acids is 2. The zero-order valence-electron chi connectivity index (χ0n) is 34.0. The van der Waals surface area contributed by atoms with Crippen LogP contribution >= 0.6 is 7.75 Å². The van der Waals surface area contributed by atoms with Crippen LogP contribution in [0.3, 0.4) is 0 Å². The van der Waals surface area contributed by atoms with E-state index in [9.17, 15) is 27.3 Å². The number of para-hydroxylation sites is 1. The van der Waals surface area contributed by atoms with E-state index < -0.39 is 74.4 Å². The number of nitrogens with zero attached hydrogens (tertiary/aromatic N) is 4. The van der Waals surface area contributed by atoms with Crippen molar-refractivity contribution in [2.75, 3.05) is 18.9 Å². The first-order valence-electron chi connectivity index (χ1n) is 20.2. The molecule has 0 spiro atoms. The number of esters is 2. The first-order chi connectivity index (χ1) is 28.8. The summed E-state index contributed by atoms with van der Waals surface area (Å²) in [5.74, 6) is -0.868. The lowest BCUT2D eigenvalue weighted by Crippen LogP contribution is -2.46. The molecule has 1 aliphatic heterocycles. The fraction of sp³-hybridized carbons (Fsp3) is 0.500. The summed E-state index contributed by atoms with van der Waals surface area (Å²) in [6.45, 7) is 5.26. The number of hydrogen-bond acceptors (Lipinski definition) is 12. The van der Waals surface area contributed by atoms with Crippen LogP contribution in [0, 0.1) is 36.0 Å². The third-order valence-electron chi connectivity index (χ3n) is 10.3. The predicted molar refractivity (Wildman–Crippen MR) is 217 cm³/mol. The number of nitrogen functional groups attached to an aromatic ring is 1. The molecule has 324 valence electrons. The van der Waals surface area contributed by atoms with Gasteiger partial charge in [-0.15, -0.1) is 6.42 Å². The number of ether oxygens (including phenoxy) is 3. The highest BCUT2D eigenvalue weighted by molar-refractivity contribution is 7.52. The van der Waals surface area contributed by atoms with Gasteiger partial charge >= 0.3 is 25.8 Å². The van der Waals surface area contributed by atoms with Gasteiger partial charge in [0.1, 0.15) is 42.4 Å². The normalized spacial score (nSPS) is 19.2. The molecular formula is C42H52F3N6O8P. The Balaban J connectivity index is 1.47. The summed E-state index contributed by atoms with van der Waals surface area (Å²) >= 11 is 0. The summed E-state index contributed by atoms with van der Waals surface area (Å²) in [7, 11) is -4.77. The average Bonchev–Trinajstić information content (AvgIpc) is 3.80. The van der Waals surface area contributed by atoms with Crippen LogP contribution < -0.4 is 15.3 Å². The van der Waals surface area contributed by atoms with E-state index in [0.717, 1.165) is 44.2 Å². The second kappa shape index (κ2) is 21.5. The molecule has 0 aliphatic carbocycles. The van der Waals surface area contributed by atoms with Crippen LogP contribution in [0.2, 0.25) is 0 Å². The SMILES string of the molecule is C#C[C@]1(CO[P@@](=O)(N[C@@H](Cc2cc(F)cc(F)c2)C(=O)OCC(CC)CC)Oc2ccccc2)O[C@@H](n2cnc3c(N)nc(F)nc32)C[C@@H]1OC(=O)CCCCCCCC. The minimum atomic E-state index is -4.77.